The lowest BCUT2D eigenvalue weighted by Gasteiger charge is -2.41. The first-order chi connectivity index (χ1) is 17.6. The number of amides is 1. The number of aliphatic hydroxyl groups is 1. The molecule has 2 aromatic rings. The molecule has 2 atom stereocenters. The topological polar surface area (TPSA) is 70.4 Å². The fraction of sp³-hybridized carbons (Fsp3) is 0.615. The summed E-state index contributed by atoms with van der Waals surface area (Å²) in [6.07, 6.45) is -1.33. The van der Waals surface area contributed by atoms with Crippen molar-refractivity contribution in [2.75, 3.05) is 13.1 Å². The first-order valence-electron chi connectivity index (χ1n) is 12.6. The lowest BCUT2D eigenvalue weighted by Crippen LogP contribution is -2.53. The molecular weight excluding hydrogens is 514 g/mol. The number of benzene rings is 1. The van der Waals surface area contributed by atoms with Gasteiger partial charge in [-0.3, -0.25) is 4.79 Å². The standard InChI is InChI=1S/C26H32F6N4O2/c1-23(2,38)24(6-3-21(14-24)35-8-4-20(5-9-35)36-10-7-33-16-36)22(37)34-15-17-11-18(25(27,28)29)13-19(12-17)26(30,31)32/h7,10-13,16,20-21,38H,3-6,8-9,14-15H2,1-2H3,(H,34,37)/t21-,24-/m1/s1. The summed E-state index contributed by atoms with van der Waals surface area (Å²) in [4.78, 5) is 19.8. The van der Waals surface area contributed by atoms with Crippen LogP contribution in [-0.2, 0) is 23.7 Å². The van der Waals surface area contributed by atoms with Gasteiger partial charge in [-0.15, -0.1) is 0 Å². The van der Waals surface area contributed by atoms with E-state index in [1.807, 2.05) is 6.20 Å². The van der Waals surface area contributed by atoms with E-state index < -0.39 is 46.9 Å². The molecule has 2 aliphatic rings. The van der Waals surface area contributed by atoms with Crippen LogP contribution in [0.3, 0.4) is 0 Å². The quantitative estimate of drug-likeness (QED) is 0.490. The maximum absolute atomic E-state index is 13.4. The fourth-order valence-electron chi connectivity index (χ4n) is 5.88. The number of carbonyl (C=O) groups is 1. The van der Waals surface area contributed by atoms with Gasteiger partial charge in [0.2, 0.25) is 5.91 Å². The lowest BCUT2D eigenvalue weighted by atomic mass is 9.71. The Hall–Kier alpha value is -2.60. The van der Waals surface area contributed by atoms with Crippen LogP contribution in [0.4, 0.5) is 26.3 Å². The van der Waals surface area contributed by atoms with Crippen molar-refractivity contribution in [3.8, 4) is 0 Å². The number of imidazole rings is 1. The van der Waals surface area contributed by atoms with E-state index >= 15 is 0 Å². The van der Waals surface area contributed by atoms with E-state index in [2.05, 4.69) is 19.8 Å². The molecule has 6 nitrogen and oxygen atoms in total. The predicted octanol–water partition coefficient (Wildman–Crippen LogP) is 5.18. The van der Waals surface area contributed by atoms with E-state index in [-0.39, 0.29) is 17.7 Å². The summed E-state index contributed by atoms with van der Waals surface area (Å²) in [5.74, 6) is -0.577. The Labute approximate surface area is 217 Å². The number of hydrogen-bond acceptors (Lipinski definition) is 4. The second-order valence-corrected chi connectivity index (χ2v) is 10.9. The third kappa shape index (κ3) is 5.85. The Morgan fingerprint density at radius 1 is 1.03 bits per heavy atom. The minimum atomic E-state index is -4.97. The summed E-state index contributed by atoms with van der Waals surface area (Å²) in [5.41, 5.74) is -5.87. The molecule has 1 aliphatic heterocycles. The Bertz CT molecular complexity index is 1090. The molecular formula is C26H32F6N4O2. The van der Waals surface area contributed by atoms with Crippen molar-refractivity contribution in [3.63, 3.8) is 0 Å². The van der Waals surface area contributed by atoms with Gasteiger partial charge in [-0.1, -0.05) is 0 Å². The number of nitrogens with zero attached hydrogens (tertiary/aromatic N) is 3. The second-order valence-electron chi connectivity index (χ2n) is 10.9. The van der Waals surface area contributed by atoms with Gasteiger partial charge in [0.1, 0.15) is 0 Å². The van der Waals surface area contributed by atoms with E-state index in [1.165, 1.54) is 13.8 Å². The maximum atomic E-state index is 13.4. The molecule has 1 aromatic carbocycles. The van der Waals surface area contributed by atoms with Crippen LogP contribution in [0.5, 0.6) is 0 Å². The highest BCUT2D eigenvalue weighted by Gasteiger charge is 2.55. The van der Waals surface area contributed by atoms with Crippen LogP contribution in [0, 0.1) is 5.41 Å². The third-order valence-corrected chi connectivity index (χ3v) is 8.16. The van der Waals surface area contributed by atoms with Gasteiger partial charge in [-0.25, -0.2) is 4.98 Å². The summed E-state index contributed by atoms with van der Waals surface area (Å²) >= 11 is 0. The number of aromatic nitrogens is 2. The van der Waals surface area contributed by atoms with Crippen molar-refractivity contribution in [1.82, 2.24) is 19.8 Å². The number of carbonyl (C=O) groups excluding carboxylic acids is 1. The number of piperidine rings is 1. The molecule has 0 spiro atoms. The Kier molecular flexibility index (Phi) is 7.61. The second kappa shape index (κ2) is 10.2. The van der Waals surface area contributed by atoms with E-state index in [0.717, 1.165) is 25.9 Å². The number of hydrogen-bond donors (Lipinski definition) is 2. The summed E-state index contributed by atoms with van der Waals surface area (Å²) in [5, 5.41) is 13.6. The molecule has 2 fully saturated rings. The molecule has 0 radical (unpaired) electrons. The minimum absolute atomic E-state index is 0.0290. The number of alkyl halides is 6. The summed E-state index contributed by atoms with van der Waals surface area (Å²) in [6.45, 7) is 4.13. The lowest BCUT2D eigenvalue weighted by molar-refractivity contribution is -0.147. The molecule has 38 heavy (non-hydrogen) atoms. The molecule has 0 unspecified atom stereocenters. The monoisotopic (exact) mass is 546 g/mol. The number of likely N-dealkylation sites (tertiary alicyclic amines) is 1. The van der Waals surface area contributed by atoms with Crippen LogP contribution in [0.25, 0.3) is 0 Å². The molecule has 1 aliphatic carbocycles. The zero-order chi connectivity index (χ0) is 27.9. The average molecular weight is 547 g/mol. The molecule has 1 saturated heterocycles. The van der Waals surface area contributed by atoms with Gasteiger partial charge >= 0.3 is 12.4 Å². The first kappa shape index (κ1) is 28.4. The van der Waals surface area contributed by atoms with Gasteiger partial charge in [0.25, 0.3) is 0 Å². The Morgan fingerprint density at radius 3 is 2.13 bits per heavy atom. The Morgan fingerprint density at radius 2 is 1.63 bits per heavy atom. The van der Waals surface area contributed by atoms with Gasteiger partial charge in [0.05, 0.1) is 28.5 Å². The van der Waals surface area contributed by atoms with Gasteiger partial charge in [0, 0.05) is 44.1 Å². The molecule has 1 aromatic heterocycles. The van der Waals surface area contributed by atoms with Gasteiger partial charge < -0.3 is 19.9 Å². The third-order valence-electron chi connectivity index (χ3n) is 8.16. The van der Waals surface area contributed by atoms with Crippen molar-refractivity contribution in [1.29, 1.82) is 0 Å². The van der Waals surface area contributed by atoms with E-state index in [4.69, 9.17) is 0 Å². The van der Waals surface area contributed by atoms with Crippen LogP contribution in [-0.4, -0.2) is 50.2 Å². The van der Waals surface area contributed by atoms with Crippen molar-refractivity contribution in [2.45, 2.75) is 82.5 Å². The van der Waals surface area contributed by atoms with Gasteiger partial charge in [-0.05, 0) is 69.7 Å². The average Bonchev–Trinajstić information content (AvgIpc) is 3.52. The molecule has 1 amide bonds. The fourth-order valence-corrected chi connectivity index (χ4v) is 5.88. The molecule has 12 heteroatoms. The number of halogens is 6. The van der Waals surface area contributed by atoms with Crippen molar-refractivity contribution in [3.05, 3.63) is 53.6 Å². The highest BCUT2D eigenvalue weighted by Crippen LogP contribution is 2.49. The largest absolute Gasteiger partial charge is 0.416 e. The van der Waals surface area contributed by atoms with Gasteiger partial charge in [-0.2, -0.15) is 26.3 Å². The molecule has 2 N–H and O–H groups in total. The molecule has 4 rings (SSSR count). The van der Waals surface area contributed by atoms with Gasteiger partial charge in [0.15, 0.2) is 0 Å². The zero-order valence-corrected chi connectivity index (χ0v) is 21.2. The summed E-state index contributed by atoms with van der Waals surface area (Å²) in [6, 6.07) is 1.64. The molecule has 1 saturated carbocycles. The highest BCUT2D eigenvalue weighted by molar-refractivity contribution is 5.84. The number of nitrogens with one attached hydrogen (secondary N) is 1. The highest BCUT2D eigenvalue weighted by atomic mass is 19.4. The van der Waals surface area contributed by atoms with Crippen molar-refractivity contribution < 1.29 is 36.2 Å². The predicted molar refractivity (Wildman–Crippen MR) is 127 cm³/mol. The van der Waals surface area contributed by atoms with E-state index in [9.17, 15) is 36.2 Å². The molecule has 0 bridgehead atoms. The zero-order valence-electron chi connectivity index (χ0n) is 21.2. The van der Waals surface area contributed by atoms with Crippen molar-refractivity contribution >= 4 is 5.91 Å². The summed E-state index contributed by atoms with van der Waals surface area (Å²) in [7, 11) is 0. The number of rotatable bonds is 6. The van der Waals surface area contributed by atoms with E-state index in [1.54, 1.807) is 12.5 Å². The minimum Gasteiger partial charge on any atom is -0.389 e. The SMILES string of the molecule is CC(C)(O)[C@]1(C(=O)NCc2cc(C(F)(F)F)cc(C(F)(F)F)c2)CC[C@@H](N2CCC(n3ccnc3)CC2)C1. The van der Waals surface area contributed by atoms with Crippen LogP contribution in [0.15, 0.2) is 36.9 Å². The van der Waals surface area contributed by atoms with Crippen molar-refractivity contribution in [2.24, 2.45) is 5.41 Å². The first-order valence-corrected chi connectivity index (χ1v) is 12.6. The summed E-state index contributed by atoms with van der Waals surface area (Å²) < 4.78 is 81.4. The van der Waals surface area contributed by atoms with E-state index in [0.29, 0.717) is 37.4 Å². The van der Waals surface area contributed by atoms with Crippen LogP contribution in [0.1, 0.15) is 68.7 Å². The molecule has 210 valence electrons. The Balaban J connectivity index is 1.46. The smallest absolute Gasteiger partial charge is 0.389 e. The maximum Gasteiger partial charge on any atom is 0.416 e. The van der Waals surface area contributed by atoms with Crippen LogP contribution in [0.2, 0.25) is 0 Å². The van der Waals surface area contributed by atoms with Crippen LogP contribution >= 0.6 is 0 Å². The normalized spacial score (nSPS) is 24.1. The molecule has 2 heterocycles. The van der Waals surface area contributed by atoms with Crippen LogP contribution < -0.4 is 5.32 Å².